The van der Waals surface area contributed by atoms with Crippen LogP contribution in [0.1, 0.15) is 33.6 Å². The lowest BCUT2D eigenvalue weighted by molar-refractivity contribution is -0.144. The number of fused-ring (bicyclic) bond motifs is 1. The number of piperazine rings is 1. The van der Waals surface area contributed by atoms with E-state index in [9.17, 15) is 9.59 Å². The van der Waals surface area contributed by atoms with Gasteiger partial charge in [0.1, 0.15) is 5.60 Å². The molecular weight excluding hydrogens is 260 g/mol. The van der Waals surface area contributed by atoms with Gasteiger partial charge in [0.15, 0.2) is 0 Å². The SMILES string of the molecule is CC(C)(C)OC(=O)N1CCN2C[C@H](C(=O)O)CC[C@H]2C1. The normalized spacial score (nSPS) is 27.9. The minimum absolute atomic E-state index is 0.265. The molecule has 1 N–H and O–H groups in total. The molecule has 0 aromatic heterocycles. The molecule has 0 radical (unpaired) electrons. The second-order valence-corrected chi connectivity index (χ2v) is 6.69. The van der Waals surface area contributed by atoms with Gasteiger partial charge in [-0.3, -0.25) is 9.69 Å². The van der Waals surface area contributed by atoms with Gasteiger partial charge in [-0.05, 0) is 33.6 Å². The number of hydrogen-bond donors (Lipinski definition) is 1. The highest BCUT2D eigenvalue weighted by molar-refractivity contribution is 5.70. The molecule has 2 rings (SSSR count). The van der Waals surface area contributed by atoms with Crippen LogP contribution in [0.4, 0.5) is 4.79 Å². The van der Waals surface area contributed by atoms with Crippen molar-refractivity contribution in [3.63, 3.8) is 0 Å². The van der Waals surface area contributed by atoms with Crippen LogP contribution in [-0.4, -0.2) is 64.8 Å². The van der Waals surface area contributed by atoms with Gasteiger partial charge in [0.2, 0.25) is 0 Å². The molecule has 1 amide bonds. The lowest BCUT2D eigenvalue weighted by Gasteiger charge is -2.45. The molecule has 114 valence electrons. The van der Waals surface area contributed by atoms with Gasteiger partial charge in [-0.15, -0.1) is 0 Å². The van der Waals surface area contributed by atoms with Crippen molar-refractivity contribution in [1.82, 2.24) is 9.80 Å². The number of aliphatic carboxylic acids is 1. The second kappa shape index (κ2) is 5.60. The number of ether oxygens (including phenoxy) is 1. The van der Waals surface area contributed by atoms with Crippen LogP contribution in [0.2, 0.25) is 0 Å². The molecule has 0 aromatic rings. The fourth-order valence-corrected chi connectivity index (χ4v) is 2.87. The molecule has 0 spiro atoms. The number of carbonyl (C=O) groups excluding carboxylic acids is 1. The third kappa shape index (κ3) is 3.62. The van der Waals surface area contributed by atoms with Gasteiger partial charge in [0.25, 0.3) is 0 Å². The van der Waals surface area contributed by atoms with E-state index in [4.69, 9.17) is 9.84 Å². The molecule has 6 heteroatoms. The quantitative estimate of drug-likeness (QED) is 0.788. The smallest absolute Gasteiger partial charge is 0.410 e. The minimum Gasteiger partial charge on any atom is -0.481 e. The predicted octanol–water partition coefficient (Wildman–Crippen LogP) is 1.40. The molecule has 2 fully saturated rings. The molecule has 2 atom stereocenters. The third-order valence-electron chi connectivity index (χ3n) is 3.91. The minimum atomic E-state index is -0.710. The van der Waals surface area contributed by atoms with Crippen LogP contribution >= 0.6 is 0 Å². The van der Waals surface area contributed by atoms with Crippen molar-refractivity contribution in [2.45, 2.75) is 45.3 Å². The summed E-state index contributed by atoms with van der Waals surface area (Å²) in [5, 5.41) is 9.09. The van der Waals surface area contributed by atoms with Gasteiger partial charge >= 0.3 is 12.1 Å². The Kier molecular flexibility index (Phi) is 4.22. The van der Waals surface area contributed by atoms with E-state index < -0.39 is 11.6 Å². The van der Waals surface area contributed by atoms with Gasteiger partial charge in [-0.25, -0.2) is 4.79 Å². The first-order chi connectivity index (χ1) is 9.26. The molecule has 2 aliphatic heterocycles. The number of carboxylic acid groups (broad SMARTS) is 1. The molecule has 20 heavy (non-hydrogen) atoms. The monoisotopic (exact) mass is 284 g/mol. The zero-order chi connectivity index (χ0) is 14.9. The second-order valence-electron chi connectivity index (χ2n) is 6.69. The summed E-state index contributed by atoms with van der Waals surface area (Å²) >= 11 is 0. The Labute approximate surface area is 119 Å². The maximum Gasteiger partial charge on any atom is 0.410 e. The van der Waals surface area contributed by atoms with Gasteiger partial charge in [-0.2, -0.15) is 0 Å². The first-order valence-corrected chi connectivity index (χ1v) is 7.21. The van der Waals surface area contributed by atoms with Gasteiger partial charge in [0.05, 0.1) is 5.92 Å². The zero-order valence-corrected chi connectivity index (χ0v) is 12.5. The number of nitrogens with zero attached hydrogens (tertiary/aromatic N) is 2. The largest absolute Gasteiger partial charge is 0.481 e. The Hall–Kier alpha value is -1.30. The number of rotatable bonds is 1. The number of carbonyl (C=O) groups is 2. The zero-order valence-electron chi connectivity index (χ0n) is 12.5. The maximum absolute atomic E-state index is 12.1. The van der Waals surface area contributed by atoms with Crippen LogP contribution in [0.3, 0.4) is 0 Å². The van der Waals surface area contributed by atoms with E-state index in [1.807, 2.05) is 20.8 Å². The van der Waals surface area contributed by atoms with Crippen LogP contribution in [0.15, 0.2) is 0 Å². The Morgan fingerprint density at radius 2 is 1.85 bits per heavy atom. The summed E-state index contributed by atoms with van der Waals surface area (Å²) in [4.78, 5) is 27.0. The Balaban J connectivity index is 1.90. The van der Waals surface area contributed by atoms with Crippen molar-refractivity contribution in [2.75, 3.05) is 26.2 Å². The molecular formula is C14H24N2O4. The van der Waals surface area contributed by atoms with E-state index in [-0.39, 0.29) is 18.1 Å². The fourth-order valence-electron chi connectivity index (χ4n) is 2.87. The summed E-state index contributed by atoms with van der Waals surface area (Å²) in [6.07, 6.45) is 1.26. The van der Waals surface area contributed by atoms with E-state index >= 15 is 0 Å². The lowest BCUT2D eigenvalue weighted by Crippen LogP contribution is -2.58. The van der Waals surface area contributed by atoms with E-state index in [0.717, 1.165) is 13.0 Å². The van der Waals surface area contributed by atoms with Crippen molar-refractivity contribution >= 4 is 12.1 Å². The predicted molar refractivity (Wildman–Crippen MR) is 73.5 cm³/mol. The van der Waals surface area contributed by atoms with Crippen LogP contribution < -0.4 is 0 Å². The van der Waals surface area contributed by atoms with E-state index in [1.54, 1.807) is 4.90 Å². The third-order valence-corrected chi connectivity index (χ3v) is 3.91. The highest BCUT2D eigenvalue weighted by Gasteiger charge is 2.37. The topological polar surface area (TPSA) is 70.1 Å². The lowest BCUT2D eigenvalue weighted by atomic mass is 9.91. The van der Waals surface area contributed by atoms with Crippen molar-refractivity contribution in [3.8, 4) is 0 Å². The number of carboxylic acids is 1. The average Bonchev–Trinajstić information content (AvgIpc) is 2.35. The highest BCUT2D eigenvalue weighted by Crippen LogP contribution is 2.26. The van der Waals surface area contributed by atoms with Gasteiger partial charge in [-0.1, -0.05) is 0 Å². The van der Waals surface area contributed by atoms with Gasteiger partial charge in [0, 0.05) is 32.2 Å². The van der Waals surface area contributed by atoms with E-state index in [2.05, 4.69) is 4.90 Å². The Morgan fingerprint density at radius 3 is 2.45 bits per heavy atom. The van der Waals surface area contributed by atoms with Crippen molar-refractivity contribution in [1.29, 1.82) is 0 Å². The van der Waals surface area contributed by atoms with Crippen molar-refractivity contribution in [2.24, 2.45) is 5.92 Å². The Morgan fingerprint density at radius 1 is 1.15 bits per heavy atom. The molecule has 6 nitrogen and oxygen atoms in total. The summed E-state index contributed by atoms with van der Waals surface area (Å²) in [7, 11) is 0. The molecule has 0 saturated carbocycles. The molecule has 0 unspecified atom stereocenters. The molecule has 0 aliphatic carbocycles. The Bertz CT molecular complexity index is 391. The molecule has 0 aromatic carbocycles. The summed E-state index contributed by atoms with van der Waals surface area (Å²) in [5.41, 5.74) is -0.477. The number of amides is 1. The van der Waals surface area contributed by atoms with Crippen molar-refractivity contribution < 1.29 is 19.4 Å². The first kappa shape index (κ1) is 15.1. The highest BCUT2D eigenvalue weighted by atomic mass is 16.6. The van der Waals surface area contributed by atoms with E-state index in [0.29, 0.717) is 26.1 Å². The molecule has 2 heterocycles. The summed E-state index contributed by atoms with van der Waals surface area (Å²) in [6, 6.07) is 0.270. The standard InChI is InChI=1S/C14H24N2O4/c1-14(2,3)20-13(19)16-7-6-15-8-10(12(17)18)4-5-11(15)9-16/h10-11H,4-9H2,1-3H3,(H,17,18)/t10-,11+/m1/s1. The van der Waals surface area contributed by atoms with Crippen molar-refractivity contribution in [3.05, 3.63) is 0 Å². The number of piperidine rings is 1. The fraction of sp³-hybridized carbons (Fsp3) is 0.857. The number of hydrogen-bond acceptors (Lipinski definition) is 4. The van der Waals surface area contributed by atoms with E-state index in [1.165, 1.54) is 0 Å². The molecule has 0 bridgehead atoms. The average molecular weight is 284 g/mol. The summed E-state index contributed by atoms with van der Waals surface area (Å²) in [6.45, 7) is 8.16. The first-order valence-electron chi connectivity index (χ1n) is 7.21. The molecule has 2 aliphatic rings. The summed E-state index contributed by atoms with van der Waals surface area (Å²) < 4.78 is 5.39. The van der Waals surface area contributed by atoms with Gasteiger partial charge < -0.3 is 14.7 Å². The van der Waals surface area contributed by atoms with Crippen LogP contribution in [0.25, 0.3) is 0 Å². The molecule has 2 saturated heterocycles. The van der Waals surface area contributed by atoms with Crippen LogP contribution in [-0.2, 0) is 9.53 Å². The van der Waals surface area contributed by atoms with Crippen LogP contribution in [0.5, 0.6) is 0 Å². The summed E-state index contributed by atoms with van der Waals surface area (Å²) in [5.74, 6) is -0.975. The maximum atomic E-state index is 12.1. The van der Waals surface area contributed by atoms with Crippen LogP contribution in [0, 0.1) is 5.92 Å².